The van der Waals surface area contributed by atoms with E-state index in [1.54, 1.807) is 0 Å². The van der Waals surface area contributed by atoms with E-state index in [2.05, 4.69) is 0 Å². The molecule has 4 atom stereocenters. The van der Waals surface area contributed by atoms with Crippen molar-refractivity contribution in [3.63, 3.8) is 0 Å². The summed E-state index contributed by atoms with van der Waals surface area (Å²) in [7, 11) is 0. The molecule has 112 valence electrons. The second-order valence-corrected chi connectivity index (χ2v) is 6.84. The fraction of sp³-hybridized carbons (Fsp3) is 0.938. The van der Waals surface area contributed by atoms with Gasteiger partial charge in [-0.1, -0.05) is 32.1 Å². The van der Waals surface area contributed by atoms with Crippen LogP contribution in [0.4, 0.5) is 0 Å². The minimum atomic E-state index is -0.551. The summed E-state index contributed by atoms with van der Waals surface area (Å²) in [5.41, 5.74) is -0.551. The molecule has 0 N–H and O–H groups in total. The first kappa shape index (κ1) is 13.2. The molecule has 4 rings (SSSR count). The number of carbonyl (C=O) groups excluding carboxylic acids is 1. The standard InChI is InChI=1S/C16H24O4/c17-14-10-13-15(20-16(14)8-4-1-5-9-16)19-12-7-3-2-6-11(12)18-13/h11-13,15H,1-10H2/t11-,12+,13+,15-/m1/s1. The number of carbonyl (C=O) groups is 1. The van der Waals surface area contributed by atoms with E-state index in [1.165, 1.54) is 19.3 Å². The summed E-state index contributed by atoms with van der Waals surface area (Å²) < 4.78 is 18.5. The van der Waals surface area contributed by atoms with Crippen LogP contribution >= 0.6 is 0 Å². The highest BCUT2D eigenvalue weighted by Crippen LogP contribution is 2.43. The summed E-state index contributed by atoms with van der Waals surface area (Å²) >= 11 is 0. The maximum Gasteiger partial charge on any atom is 0.185 e. The molecular weight excluding hydrogens is 256 g/mol. The summed E-state index contributed by atoms with van der Waals surface area (Å²) in [6.45, 7) is 0. The Kier molecular flexibility index (Phi) is 3.36. The highest BCUT2D eigenvalue weighted by molar-refractivity contribution is 5.88. The first-order valence-corrected chi connectivity index (χ1v) is 8.29. The predicted molar refractivity (Wildman–Crippen MR) is 72.3 cm³/mol. The van der Waals surface area contributed by atoms with Crippen molar-refractivity contribution in [3.8, 4) is 0 Å². The fourth-order valence-corrected chi connectivity index (χ4v) is 4.35. The number of Topliss-reactive ketones (excluding diaryl/α,β-unsaturated/α-hetero) is 1. The van der Waals surface area contributed by atoms with Crippen molar-refractivity contribution in [2.24, 2.45) is 0 Å². The van der Waals surface area contributed by atoms with E-state index in [4.69, 9.17) is 14.2 Å². The van der Waals surface area contributed by atoms with Gasteiger partial charge in [0.1, 0.15) is 11.7 Å². The first-order valence-electron chi connectivity index (χ1n) is 8.29. The van der Waals surface area contributed by atoms with Crippen molar-refractivity contribution >= 4 is 5.78 Å². The van der Waals surface area contributed by atoms with Crippen molar-refractivity contribution < 1.29 is 19.0 Å². The maximum absolute atomic E-state index is 12.5. The highest BCUT2D eigenvalue weighted by atomic mass is 16.7. The molecular formula is C16H24O4. The third-order valence-electron chi connectivity index (χ3n) is 5.50. The third kappa shape index (κ3) is 2.13. The summed E-state index contributed by atoms with van der Waals surface area (Å²) in [6, 6.07) is 0. The smallest absolute Gasteiger partial charge is 0.185 e. The van der Waals surface area contributed by atoms with Gasteiger partial charge in [0.15, 0.2) is 12.1 Å². The SMILES string of the molecule is O=C1C[C@@H]2O[C@@H]3CCCC[C@@H]3O[C@@H]2OC12CCCCC2. The summed E-state index contributed by atoms with van der Waals surface area (Å²) in [5.74, 6) is 0.247. The summed E-state index contributed by atoms with van der Waals surface area (Å²) in [5, 5.41) is 0. The monoisotopic (exact) mass is 280 g/mol. The van der Waals surface area contributed by atoms with Crippen molar-refractivity contribution in [3.05, 3.63) is 0 Å². The molecule has 4 fully saturated rings. The molecule has 0 bridgehead atoms. The van der Waals surface area contributed by atoms with E-state index in [0.717, 1.165) is 38.5 Å². The van der Waals surface area contributed by atoms with Gasteiger partial charge in [-0.05, 0) is 25.7 Å². The summed E-state index contributed by atoms with van der Waals surface area (Å²) in [6.07, 6.45) is 10.0. The zero-order chi connectivity index (χ0) is 13.6. The maximum atomic E-state index is 12.5. The van der Waals surface area contributed by atoms with Gasteiger partial charge in [0.25, 0.3) is 0 Å². The Morgan fingerprint density at radius 1 is 0.850 bits per heavy atom. The molecule has 0 unspecified atom stereocenters. The second-order valence-electron chi connectivity index (χ2n) is 6.84. The van der Waals surface area contributed by atoms with Crippen molar-refractivity contribution in [2.45, 2.75) is 94.4 Å². The molecule has 20 heavy (non-hydrogen) atoms. The van der Waals surface area contributed by atoms with Crippen LogP contribution in [0.15, 0.2) is 0 Å². The minimum Gasteiger partial charge on any atom is -0.367 e. The zero-order valence-electron chi connectivity index (χ0n) is 12.0. The molecule has 4 aliphatic rings. The third-order valence-corrected chi connectivity index (χ3v) is 5.50. The van der Waals surface area contributed by atoms with Gasteiger partial charge in [0.2, 0.25) is 0 Å². The van der Waals surface area contributed by atoms with Crippen LogP contribution in [0.2, 0.25) is 0 Å². The van der Waals surface area contributed by atoms with Crippen LogP contribution in [0.25, 0.3) is 0 Å². The van der Waals surface area contributed by atoms with Crippen LogP contribution in [0, 0.1) is 0 Å². The van der Waals surface area contributed by atoms with Crippen LogP contribution < -0.4 is 0 Å². The quantitative estimate of drug-likeness (QED) is 0.684. The highest BCUT2D eigenvalue weighted by Gasteiger charge is 2.53. The lowest BCUT2D eigenvalue weighted by Crippen LogP contribution is -2.61. The van der Waals surface area contributed by atoms with Crippen LogP contribution in [-0.2, 0) is 19.0 Å². The first-order chi connectivity index (χ1) is 9.77. The van der Waals surface area contributed by atoms with Gasteiger partial charge in [0.05, 0.1) is 12.2 Å². The van der Waals surface area contributed by atoms with Crippen molar-refractivity contribution in [1.29, 1.82) is 0 Å². The van der Waals surface area contributed by atoms with E-state index in [1.807, 2.05) is 0 Å². The Bertz CT molecular complexity index is 388. The van der Waals surface area contributed by atoms with Crippen molar-refractivity contribution in [1.82, 2.24) is 0 Å². The van der Waals surface area contributed by atoms with Crippen LogP contribution in [0.3, 0.4) is 0 Å². The average Bonchev–Trinajstić information content (AvgIpc) is 2.48. The van der Waals surface area contributed by atoms with Crippen LogP contribution in [0.1, 0.15) is 64.2 Å². The van der Waals surface area contributed by atoms with Gasteiger partial charge in [-0.15, -0.1) is 0 Å². The molecule has 1 spiro atoms. The van der Waals surface area contributed by atoms with Crippen molar-refractivity contribution in [2.75, 3.05) is 0 Å². The number of rotatable bonds is 0. The lowest BCUT2D eigenvalue weighted by atomic mass is 9.78. The number of hydrogen-bond donors (Lipinski definition) is 0. The van der Waals surface area contributed by atoms with Gasteiger partial charge < -0.3 is 14.2 Å². The van der Waals surface area contributed by atoms with E-state index in [9.17, 15) is 4.79 Å². The Morgan fingerprint density at radius 3 is 2.30 bits per heavy atom. The topological polar surface area (TPSA) is 44.8 Å². The Labute approximate surface area is 120 Å². The average molecular weight is 280 g/mol. The van der Waals surface area contributed by atoms with Crippen LogP contribution in [0.5, 0.6) is 0 Å². The molecule has 0 aromatic rings. The Morgan fingerprint density at radius 2 is 1.55 bits per heavy atom. The zero-order valence-corrected chi connectivity index (χ0v) is 12.0. The number of hydrogen-bond acceptors (Lipinski definition) is 4. The van der Waals surface area contributed by atoms with Gasteiger partial charge in [-0.2, -0.15) is 0 Å². The van der Waals surface area contributed by atoms with E-state index >= 15 is 0 Å². The number of ether oxygens (including phenoxy) is 3. The van der Waals surface area contributed by atoms with Gasteiger partial charge in [-0.25, -0.2) is 0 Å². The number of ketones is 1. The lowest BCUT2D eigenvalue weighted by Gasteiger charge is -2.50. The molecule has 2 heterocycles. The van der Waals surface area contributed by atoms with E-state index < -0.39 is 5.60 Å². The molecule has 0 aromatic carbocycles. The fourth-order valence-electron chi connectivity index (χ4n) is 4.35. The molecule has 4 heteroatoms. The lowest BCUT2D eigenvalue weighted by molar-refractivity contribution is -0.341. The van der Waals surface area contributed by atoms with E-state index in [0.29, 0.717) is 6.42 Å². The molecule has 0 aromatic heterocycles. The molecule has 2 aliphatic heterocycles. The van der Waals surface area contributed by atoms with E-state index in [-0.39, 0.29) is 30.4 Å². The van der Waals surface area contributed by atoms with Gasteiger partial charge >= 0.3 is 0 Å². The largest absolute Gasteiger partial charge is 0.367 e. The van der Waals surface area contributed by atoms with Gasteiger partial charge in [0, 0.05) is 6.42 Å². The molecule has 2 saturated heterocycles. The Balaban J connectivity index is 1.51. The minimum absolute atomic E-state index is 0.172. The van der Waals surface area contributed by atoms with Crippen LogP contribution in [-0.4, -0.2) is 36.0 Å². The molecule has 0 amide bonds. The molecule has 2 saturated carbocycles. The molecule has 4 nitrogen and oxygen atoms in total. The second kappa shape index (κ2) is 5.08. The molecule has 0 radical (unpaired) electrons. The normalized spacial score (nSPS) is 43.9. The Hall–Kier alpha value is -0.450. The molecule has 2 aliphatic carbocycles. The van der Waals surface area contributed by atoms with Gasteiger partial charge in [-0.3, -0.25) is 4.79 Å². The number of fused-ring (bicyclic) bond motifs is 2. The summed E-state index contributed by atoms with van der Waals surface area (Å²) in [4.78, 5) is 12.5. The predicted octanol–water partition coefficient (Wildman–Crippen LogP) is 2.73.